The number of fused-ring (bicyclic) bond motifs is 1. The number of hydrogen-bond acceptors (Lipinski definition) is 7. The van der Waals surface area contributed by atoms with E-state index in [2.05, 4.69) is 27.2 Å². The molecule has 0 unspecified atom stereocenters. The van der Waals surface area contributed by atoms with Crippen molar-refractivity contribution < 1.29 is 14.9 Å². The lowest BCUT2D eigenvalue weighted by Gasteiger charge is -2.50. The highest BCUT2D eigenvalue weighted by Crippen LogP contribution is 2.41. The summed E-state index contributed by atoms with van der Waals surface area (Å²) in [6.45, 7) is 5.64. The van der Waals surface area contributed by atoms with E-state index in [0.29, 0.717) is 6.42 Å². The van der Waals surface area contributed by atoms with E-state index in [4.69, 9.17) is 4.74 Å². The minimum absolute atomic E-state index is 0.203. The summed E-state index contributed by atoms with van der Waals surface area (Å²) in [6.07, 6.45) is 2.96. The van der Waals surface area contributed by atoms with Crippen LogP contribution in [0.3, 0.4) is 0 Å². The lowest BCUT2D eigenvalue weighted by atomic mass is 9.76. The van der Waals surface area contributed by atoms with Gasteiger partial charge < -0.3 is 19.8 Å². The number of thiophene rings is 1. The second kappa shape index (κ2) is 5.62. The molecule has 24 heavy (non-hydrogen) atoms. The van der Waals surface area contributed by atoms with Gasteiger partial charge in [0, 0.05) is 19.5 Å². The van der Waals surface area contributed by atoms with Crippen LogP contribution >= 0.6 is 11.3 Å². The number of nitrogens with zero attached hydrogens (tertiary/aromatic N) is 3. The average Bonchev–Trinajstić information content (AvgIpc) is 2.94. The number of aliphatic hydroxyl groups excluding tert-OH is 1. The van der Waals surface area contributed by atoms with E-state index >= 15 is 0 Å². The molecule has 2 N–H and O–H groups in total. The molecule has 2 atom stereocenters. The zero-order valence-corrected chi connectivity index (χ0v) is 14.8. The summed E-state index contributed by atoms with van der Waals surface area (Å²) in [4.78, 5) is 11.2. The first-order valence-electron chi connectivity index (χ1n) is 8.38. The molecule has 4 rings (SSSR count). The monoisotopic (exact) mass is 349 g/mol. The highest BCUT2D eigenvalue weighted by Gasteiger charge is 2.48. The Labute approximate surface area is 145 Å². The molecule has 7 heteroatoms. The Morgan fingerprint density at radius 3 is 2.79 bits per heavy atom. The van der Waals surface area contributed by atoms with Gasteiger partial charge in [-0.15, -0.1) is 11.3 Å². The van der Waals surface area contributed by atoms with Gasteiger partial charge in [0.2, 0.25) is 0 Å². The standard InChI is InChI=1S/C17H23N3O3S/c1-11-8-24-14-13(11)18-10-19-15(14)20-5-3-17(4-6-20)9-16(2,22)12(21)7-23-17/h8,10,12,21-22H,3-7,9H2,1-2H3/t12-,16-/m0/s1. The van der Waals surface area contributed by atoms with Crippen molar-refractivity contribution in [3.05, 3.63) is 17.3 Å². The maximum Gasteiger partial charge on any atom is 0.150 e. The molecular weight excluding hydrogens is 326 g/mol. The smallest absolute Gasteiger partial charge is 0.150 e. The average molecular weight is 349 g/mol. The molecule has 0 bridgehead atoms. The topological polar surface area (TPSA) is 78.7 Å². The molecule has 0 radical (unpaired) electrons. The molecule has 4 heterocycles. The second-order valence-corrected chi connectivity index (χ2v) is 8.20. The second-order valence-electron chi connectivity index (χ2n) is 7.32. The van der Waals surface area contributed by atoms with E-state index in [1.165, 1.54) is 5.56 Å². The summed E-state index contributed by atoms with van der Waals surface area (Å²) in [6, 6.07) is 0. The summed E-state index contributed by atoms with van der Waals surface area (Å²) < 4.78 is 7.10. The third kappa shape index (κ3) is 2.60. The predicted molar refractivity (Wildman–Crippen MR) is 93.5 cm³/mol. The van der Waals surface area contributed by atoms with Gasteiger partial charge in [0.05, 0.1) is 28.0 Å². The van der Waals surface area contributed by atoms with Gasteiger partial charge in [-0.1, -0.05) is 0 Å². The van der Waals surface area contributed by atoms with Crippen LogP contribution < -0.4 is 4.90 Å². The van der Waals surface area contributed by atoms with Crippen LogP contribution in [0.2, 0.25) is 0 Å². The summed E-state index contributed by atoms with van der Waals surface area (Å²) in [7, 11) is 0. The molecule has 2 fully saturated rings. The van der Waals surface area contributed by atoms with Crippen LogP contribution in [0.4, 0.5) is 5.82 Å². The van der Waals surface area contributed by atoms with Crippen LogP contribution in [-0.2, 0) is 4.74 Å². The fourth-order valence-electron chi connectivity index (χ4n) is 3.89. The number of aromatic nitrogens is 2. The van der Waals surface area contributed by atoms with Gasteiger partial charge in [-0.2, -0.15) is 0 Å². The first-order valence-corrected chi connectivity index (χ1v) is 9.26. The molecule has 0 aromatic carbocycles. The highest BCUT2D eigenvalue weighted by molar-refractivity contribution is 7.18. The lowest BCUT2D eigenvalue weighted by Crippen LogP contribution is -2.59. The minimum atomic E-state index is -1.08. The van der Waals surface area contributed by atoms with E-state index in [1.54, 1.807) is 24.6 Å². The molecule has 6 nitrogen and oxygen atoms in total. The Morgan fingerprint density at radius 2 is 2.08 bits per heavy atom. The Balaban J connectivity index is 1.54. The van der Waals surface area contributed by atoms with Crippen LogP contribution in [0.5, 0.6) is 0 Å². The number of aryl methyl sites for hydroxylation is 1. The molecular formula is C17H23N3O3S. The van der Waals surface area contributed by atoms with Gasteiger partial charge in [0.15, 0.2) is 0 Å². The maximum absolute atomic E-state index is 10.4. The SMILES string of the molecule is Cc1csc2c(N3CCC4(CC3)C[C@](C)(O)[C@@H](O)CO4)ncnc12. The van der Waals surface area contributed by atoms with Gasteiger partial charge in [-0.3, -0.25) is 0 Å². The van der Waals surface area contributed by atoms with E-state index in [0.717, 1.165) is 42.0 Å². The van der Waals surface area contributed by atoms with Crippen molar-refractivity contribution in [2.75, 3.05) is 24.6 Å². The highest BCUT2D eigenvalue weighted by atomic mass is 32.1. The van der Waals surface area contributed by atoms with Crippen LogP contribution in [0.15, 0.2) is 11.7 Å². The molecule has 2 aromatic heterocycles. The zero-order chi connectivity index (χ0) is 16.9. The number of aliphatic hydroxyl groups is 2. The minimum Gasteiger partial charge on any atom is -0.388 e. The van der Waals surface area contributed by atoms with Crippen molar-refractivity contribution in [1.29, 1.82) is 0 Å². The predicted octanol–water partition coefficient (Wildman–Crippen LogP) is 1.87. The first kappa shape index (κ1) is 16.2. The molecule has 2 aliphatic heterocycles. The number of piperidine rings is 1. The van der Waals surface area contributed by atoms with E-state index in [9.17, 15) is 10.2 Å². The van der Waals surface area contributed by atoms with E-state index in [-0.39, 0.29) is 12.2 Å². The summed E-state index contributed by atoms with van der Waals surface area (Å²) >= 11 is 1.69. The number of hydrogen-bond donors (Lipinski definition) is 2. The number of anilines is 1. The molecule has 130 valence electrons. The molecule has 1 spiro atoms. The quantitative estimate of drug-likeness (QED) is 0.818. The van der Waals surface area contributed by atoms with Gasteiger partial charge >= 0.3 is 0 Å². The fraction of sp³-hybridized carbons (Fsp3) is 0.647. The maximum atomic E-state index is 10.4. The molecule has 2 aliphatic rings. The first-order chi connectivity index (χ1) is 11.4. The number of rotatable bonds is 1. The summed E-state index contributed by atoms with van der Waals surface area (Å²) in [5, 5.41) is 22.4. The van der Waals surface area contributed by atoms with E-state index < -0.39 is 11.7 Å². The fourth-order valence-corrected chi connectivity index (χ4v) is 4.90. The van der Waals surface area contributed by atoms with Crippen molar-refractivity contribution in [2.24, 2.45) is 0 Å². The van der Waals surface area contributed by atoms with Crippen LogP contribution in [0.25, 0.3) is 10.2 Å². The normalized spacial score (nSPS) is 30.2. The van der Waals surface area contributed by atoms with Gasteiger partial charge in [0.25, 0.3) is 0 Å². The Bertz CT molecular complexity index is 753. The van der Waals surface area contributed by atoms with Gasteiger partial charge in [-0.05, 0) is 37.6 Å². The largest absolute Gasteiger partial charge is 0.388 e. The van der Waals surface area contributed by atoms with Crippen LogP contribution in [-0.4, -0.2) is 57.2 Å². The van der Waals surface area contributed by atoms with Crippen molar-refractivity contribution in [3.63, 3.8) is 0 Å². The van der Waals surface area contributed by atoms with Crippen LogP contribution in [0, 0.1) is 6.92 Å². The zero-order valence-electron chi connectivity index (χ0n) is 14.0. The van der Waals surface area contributed by atoms with Crippen molar-refractivity contribution in [1.82, 2.24) is 9.97 Å². The Hall–Kier alpha value is -1.28. The van der Waals surface area contributed by atoms with E-state index in [1.807, 2.05) is 0 Å². The van der Waals surface area contributed by atoms with Crippen molar-refractivity contribution >= 4 is 27.4 Å². The molecule has 2 aromatic rings. The summed E-state index contributed by atoms with van der Waals surface area (Å²) in [5.74, 6) is 0.996. The van der Waals surface area contributed by atoms with Gasteiger partial charge in [0.1, 0.15) is 18.2 Å². The van der Waals surface area contributed by atoms with Crippen molar-refractivity contribution in [3.8, 4) is 0 Å². The molecule has 0 amide bonds. The Morgan fingerprint density at radius 1 is 1.33 bits per heavy atom. The lowest BCUT2D eigenvalue weighted by molar-refractivity contribution is -0.216. The molecule has 2 saturated heterocycles. The molecule has 0 aliphatic carbocycles. The van der Waals surface area contributed by atoms with Crippen molar-refractivity contribution in [2.45, 2.75) is 50.4 Å². The van der Waals surface area contributed by atoms with Gasteiger partial charge in [-0.25, -0.2) is 9.97 Å². The third-order valence-electron chi connectivity index (χ3n) is 5.43. The Kier molecular flexibility index (Phi) is 3.80. The number of ether oxygens (including phenoxy) is 1. The van der Waals surface area contributed by atoms with Crippen LogP contribution in [0.1, 0.15) is 31.7 Å². The summed E-state index contributed by atoms with van der Waals surface area (Å²) in [5.41, 5.74) is 0.808. The molecule has 0 saturated carbocycles. The third-order valence-corrected chi connectivity index (χ3v) is 6.51.